The quantitative estimate of drug-likeness (QED) is 0.722. The van der Waals surface area contributed by atoms with Gasteiger partial charge >= 0.3 is 0 Å². The Balaban J connectivity index is 1.58. The van der Waals surface area contributed by atoms with Crippen LogP contribution in [0, 0.1) is 0 Å². The van der Waals surface area contributed by atoms with E-state index in [4.69, 9.17) is 0 Å². The Hall–Kier alpha value is -2.60. The Labute approximate surface area is 145 Å². The zero-order chi connectivity index (χ0) is 16.9. The van der Waals surface area contributed by atoms with E-state index in [1.807, 2.05) is 67.5 Å². The summed E-state index contributed by atoms with van der Waals surface area (Å²) in [6.45, 7) is 0. The second-order valence-corrected chi connectivity index (χ2v) is 6.47. The van der Waals surface area contributed by atoms with Gasteiger partial charge in [-0.05, 0) is 36.4 Å². The predicted octanol–water partition coefficient (Wildman–Crippen LogP) is 3.43. The van der Waals surface area contributed by atoms with Gasteiger partial charge in [0.25, 0.3) is 0 Å². The van der Waals surface area contributed by atoms with E-state index in [2.05, 4.69) is 15.3 Å². The zero-order valence-electron chi connectivity index (χ0n) is 13.6. The summed E-state index contributed by atoms with van der Waals surface area (Å²) in [7, 11) is 3.96. The number of benzene rings is 2. The Morgan fingerprint density at radius 1 is 1.08 bits per heavy atom. The zero-order valence-corrected chi connectivity index (χ0v) is 14.4. The number of hydrogen-bond acceptors (Lipinski definition) is 5. The average Bonchev–Trinajstić information content (AvgIpc) is 2.60. The molecule has 3 rings (SSSR count). The Morgan fingerprint density at radius 3 is 2.50 bits per heavy atom. The summed E-state index contributed by atoms with van der Waals surface area (Å²) >= 11 is 1.38. The van der Waals surface area contributed by atoms with Gasteiger partial charge in [0, 0.05) is 25.5 Å². The summed E-state index contributed by atoms with van der Waals surface area (Å²) in [6.07, 6.45) is 1.70. The second-order valence-electron chi connectivity index (χ2n) is 5.48. The van der Waals surface area contributed by atoms with Crippen LogP contribution in [-0.2, 0) is 4.79 Å². The highest BCUT2D eigenvalue weighted by atomic mass is 32.2. The monoisotopic (exact) mass is 338 g/mol. The van der Waals surface area contributed by atoms with Crippen LogP contribution in [0.4, 0.5) is 11.4 Å². The molecule has 0 aliphatic heterocycles. The number of para-hydroxylation sites is 2. The van der Waals surface area contributed by atoms with Crippen molar-refractivity contribution in [1.82, 2.24) is 9.97 Å². The molecule has 1 N–H and O–H groups in total. The van der Waals surface area contributed by atoms with Crippen molar-refractivity contribution in [2.45, 2.75) is 5.03 Å². The van der Waals surface area contributed by atoms with Crippen LogP contribution < -0.4 is 10.2 Å². The lowest BCUT2D eigenvalue weighted by molar-refractivity contribution is -0.113. The van der Waals surface area contributed by atoms with E-state index >= 15 is 0 Å². The number of amides is 1. The molecular formula is C18H18N4OS. The molecule has 0 spiro atoms. The van der Waals surface area contributed by atoms with Crippen LogP contribution in [0.15, 0.2) is 59.8 Å². The van der Waals surface area contributed by atoms with Gasteiger partial charge in [-0.1, -0.05) is 23.9 Å². The van der Waals surface area contributed by atoms with Gasteiger partial charge in [0.1, 0.15) is 5.03 Å². The molecule has 0 bridgehead atoms. The molecule has 0 saturated carbocycles. The summed E-state index contributed by atoms with van der Waals surface area (Å²) in [5.41, 5.74) is 3.57. The van der Waals surface area contributed by atoms with Crippen LogP contribution in [0.3, 0.4) is 0 Å². The number of aromatic nitrogens is 2. The lowest BCUT2D eigenvalue weighted by Crippen LogP contribution is -2.14. The van der Waals surface area contributed by atoms with Crippen molar-refractivity contribution in [1.29, 1.82) is 0 Å². The molecule has 2 aromatic carbocycles. The first-order valence-corrected chi connectivity index (χ1v) is 8.52. The third kappa shape index (κ3) is 4.02. The minimum atomic E-state index is -0.0624. The first-order chi connectivity index (χ1) is 11.6. The standard InChI is InChI=1S/C18H18N4OS/c1-22(2)14-9-7-13(8-10-14)20-17(23)12-24-18-11-19-15-5-3-4-6-16(15)21-18/h3-11H,12H2,1-2H3,(H,20,23). The van der Waals surface area contributed by atoms with Gasteiger partial charge in [-0.3, -0.25) is 9.78 Å². The van der Waals surface area contributed by atoms with Gasteiger partial charge in [-0.15, -0.1) is 0 Å². The highest BCUT2D eigenvalue weighted by molar-refractivity contribution is 7.99. The fourth-order valence-corrected chi connectivity index (χ4v) is 2.83. The third-order valence-corrected chi connectivity index (χ3v) is 4.34. The number of nitrogens with zero attached hydrogens (tertiary/aromatic N) is 3. The molecule has 0 saturated heterocycles. The summed E-state index contributed by atoms with van der Waals surface area (Å²) in [6, 6.07) is 15.4. The number of anilines is 2. The molecule has 0 atom stereocenters. The fraction of sp³-hybridized carbons (Fsp3) is 0.167. The van der Waals surface area contributed by atoms with E-state index in [1.165, 1.54) is 11.8 Å². The Bertz CT molecular complexity index is 849. The number of fused-ring (bicyclic) bond motifs is 1. The molecule has 6 heteroatoms. The fourth-order valence-electron chi connectivity index (χ4n) is 2.19. The van der Waals surface area contributed by atoms with Crippen molar-refractivity contribution in [3.8, 4) is 0 Å². The van der Waals surface area contributed by atoms with E-state index in [1.54, 1.807) is 6.20 Å². The maximum Gasteiger partial charge on any atom is 0.234 e. The molecule has 1 heterocycles. The van der Waals surface area contributed by atoms with E-state index in [9.17, 15) is 4.79 Å². The lowest BCUT2D eigenvalue weighted by Gasteiger charge is -2.13. The molecule has 24 heavy (non-hydrogen) atoms. The molecule has 5 nitrogen and oxygen atoms in total. The minimum absolute atomic E-state index is 0.0624. The molecular weight excluding hydrogens is 320 g/mol. The number of carbonyl (C=O) groups excluding carboxylic acids is 1. The van der Waals surface area contributed by atoms with Crippen molar-refractivity contribution >= 4 is 40.1 Å². The molecule has 0 radical (unpaired) electrons. The van der Waals surface area contributed by atoms with Crippen molar-refractivity contribution in [3.63, 3.8) is 0 Å². The van der Waals surface area contributed by atoms with Gasteiger partial charge in [0.15, 0.2) is 0 Å². The van der Waals surface area contributed by atoms with Crippen LogP contribution in [0.1, 0.15) is 0 Å². The number of hydrogen-bond donors (Lipinski definition) is 1. The van der Waals surface area contributed by atoms with Crippen LogP contribution >= 0.6 is 11.8 Å². The molecule has 3 aromatic rings. The van der Waals surface area contributed by atoms with Gasteiger partial charge in [-0.25, -0.2) is 4.98 Å². The maximum absolute atomic E-state index is 12.1. The van der Waals surface area contributed by atoms with Crippen molar-refractivity contribution in [2.24, 2.45) is 0 Å². The SMILES string of the molecule is CN(C)c1ccc(NC(=O)CSc2cnc3ccccc3n2)cc1. The van der Waals surface area contributed by atoms with Crippen LogP contribution in [0.2, 0.25) is 0 Å². The van der Waals surface area contributed by atoms with Crippen molar-refractivity contribution in [3.05, 3.63) is 54.7 Å². The van der Waals surface area contributed by atoms with E-state index in [0.717, 1.165) is 27.4 Å². The van der Waals surface area contributed by atoms with Gasteiger partial charge in [0.2, 0.25) is 5.91 Å². The highest BCUT2D eigenvalue weighted by Crippen LogP contribution is 2.19. The van der Waals surface area contributed by atoms with Gasteiger partial charge in [-0.2, -0.15) is 0 Å². The first kappa shape index (κ1) is 16.3. The number of carbonyl (C=O) groups is 1. The normalized spacial score (nSPS) is 10.6. The largest absolute Gasteiger partial charge is 0.378 e. The van der Waals surface area contributed by atoms with Crippen LogP contribution in [0.25, 0.3) is 11.0 Å². The molecule has 0 fully saturated rings. The summed E-state index contributed by atoms with van der Waals surface area (Å²) < 4.78 is 0. The Kier molecular flexibility index (Phi) is 4.96. The third-order valence-electron chi connectivity index (χ3n) is 3.45. The smallest absolute Gasteiger partial charge is 0.234 e. The maximum atomic E-state index is 12.1. The van der Waals surface area contributed by atoms with Crippen LogP contribution in [0.5, 0.6) is 0 Å². The molecule has 1 aromatic heterocycles. The molecule has 122 valence electrons. The van der Waals surface area contributed by atoms with Crippen molar-refractivity contribution in [2.75, 3.05) is 30.1 Å². The summed E-state index contributed by atoms with van der Waals surface area (Å²) in [5.74, 6) is 0.232. The minimum Gasteiger partial charge on any atom is -0.378 e. The number of rotatable bonds is 5. The Morgan fingerprint density at radius 2 is 1.79 bits per heavy atom. The average molecular weight is 338 g/mol. The second kappa shape index (κ2) is 7.31. The summed E-state index contributed by atoms with van der Waals surface area (Å²) in [4.78, 5) is 22.9. The lowest BCUT2D eigenvalue weighted by atomic mass is 10.2. The van der Waals surface area contributed by atoms with E-state index in [-0.39, 0.29) is 5.91 Å². The topological polar surface area (TPSA) is 58.1 Å². The molecule has 1 amide bonds. The predicted molar refractivity (Wildman–Crippen MR) is 99.7 cm³/mol. The van der Waals surface area contributed by atoms with Gasteiger partial charge in [0.05, 0.1) is 23.0 Å². The highest BCUT2D eigenvalue weighted by Gasteiger charge is 2.06. The van der Waals surface area contributed by atoms with Gasteiger partial charge < -0.3 is 10.2 Å². The summed E-state index contributed by atoms with van der Waals surface area (Å²) in [5, 5.41) is 3.63. The number of thioether (sulfide) groups is 1. The van der Waals surface area contributed by atoms with E-state index < -0.39 is 0 Å². The molecule has 0 aliphatic carbocycles. The molecule has 0 aliphatic rings. The first-order valence-electron chi connectivity index (χ1n) is 7.53. The van der Waals surface area contributed by atoms with Crippen molar-refractivity contribution < 1.29 is 4.79 Å². The van der Waals surface area contributed by atoms with E-state index in [0.29, 0.717) is 5.75 Å². The van der Waals surface area contributed by atoms with Crippen LogP contribution in [-0.4, -0.2) is 35.7 Å². The molecule has 0 unspecified atom stereocenters. The number of nitrogens with one attached hydrogen (secondary N) is 1.